The number of ether oxygens (including phenoxy) is 3. The molecule has 1 N–H and O–H groups in total. The van der Waals surface area contributed by atoms with Gasteiger partial charge >= 0.3 is 0 Å². The van der Waals surface area contributed by atoms with Gasteiger partial charge in [0.15, 0.2) is 11.5 Å². The lowest BCUT2D eigenvalue weighted by Gasteiger charge is -2.32. The van der Waals surface area contributed by atoms with Gasteiger partial charge < -0.3 is 24.4 Å². The van der Waals surface area contributed by atoms with Gasteiger partial charge in [-0.15, -0.1) is 0 Å². The van der Waals surface area contributed by atoms with E-state index in [9.17, 15) is 9.59 Å². The predicted molar refractivity (Wildman–Crippen MR) is 159 cm³/mol. The number of nitrogens with one attached hydrogen (secondary N) is 1. The molecule has 7 heteroatoms. The maximum Gasteiger partial charge on any atom is 0.243 e. The average Bonchev–Trinajstić information content (AvgIpc) is 3.02. The summed E-state index contributed by atoms with van der Waals surface area (Å²) in [6.07, 6.45) is 0.460. The molecule has 1 atom stereocenters. The molecular weight excluding hydrogens is 516 g/mol. The summed E-state index contributed by atoms with van der Waals surface area (Å²) >= 11 is 0. The number of para-hydroxylation sites is 1. The zero-order valence-electron chi connectivity index (χ0n) is 23.7. The number of carbonyl (C=O) groups excluding carboxylic acids is 2. The van der Waals surface area contributed by atoms with Crippen LogP contribution in [-0.4, -0.2) is 44.1 Å². The number of nitrogens with zero attached hydrogens (tertiary/aromatic N) is 1. The van der Waals surface area contributed by atoms with Crippen molar-refractivity contribution >= 4 is 11.8 Å². The molecule has 0 heterocycles. The van der Waals surface area contributed by atoms with Gasteiger partial charge in [-0.25, -0.2) is 0 Å². The quantitative estimate of drug-likeness (QED) is 0.246. The van der Waals surface area contributed by atoms with Gasteiger partial charge in [-0.3, -0.25) is 9.59 Å². The molecular formula is C34H36N2O5. The van der Waals surface area contributed by atoms with Crippen molar-refractivity contribution in [3.63, 3.8) is 0 Å². The highest BCUT2D eigenvalue weighted by Gasteiger charge is 2.30. The van der Waals surface area contributed by atoms with E-state index < -0.39 is 6.04 Å². The Morgan fingerprint density at radius 1 is 0.683 bits per heavy atom. The topological polar surface area (TPSA) is 77.1 Å². The lowest BCUT2D eigenvalue weighted by atomic mass is 10.0. The monoisotopic (exact) mass is 552 g/mol. The Labute approximate surface area is 241 Å². The summed E-state index contributed by atoms with van der Waals surface area (Å²) in [5.41, 5.74) is 3.51. The molecule has 0 radical (unpaired) electrons. The Morgan fingerprint density at radius 3 is 1.95 bits per heavy atom. The molecule has 0 aliphatic heterocycles. The molecule has 0 saturated heterocycles. The lowest BCUT2D eigenvalue weighted by Crippen LogP contribution is -2.50. The van der Waals surface area contributed by atoms with E-state index in [2.05, 4.69) is 5.32 Å². The normalized spacial score (nSPS) is 11.3. The maximum absolute atomic E-state index is 14.0. The summed E-state index contributed by atoms with van der Waals surface area (Å²) < 4.78 is 16.3. The Hall–Kier alpha value is -4.78. The number of benzene rings is 4. The van der Waals surface area contributed by atoms with Crippen LogP contribution in [-0.2, 0) is 35.5 Å². The highest BCUT2D eigenvalue weighted by molar-refractivity contribution is 5.89. The smallest absolute Gasteiger partial charge is 0.243 e. The zero-order valence-corrected chi connectivity index (χ0v) is 23.7. The zero-order chi connectivity index (χ0) is 29.0. The highest BCUT2D eigenvalue weighted by atomic mass is 16.5. The molecule has 2 amide bonds. The van der Waals surface area contributed by atoms with Crippen LogP contribution in [0.3, 0.4) is 0 Å². The van der Waals surface area contributed by atoms with Crippen LogP contribution >= 0.6 is 0 Å². The average molecular weight is 553 g/mol. The third kappa shape index (κ3) is 7.88. The Bertz CT molecular complexity index is 1430. The molecule has 0 aromatic heterocycles. The molecule has 0 fully saturated rings. The van der Waals surface area contributed by atoms with E-state index >= 15 is 0 Å². The van der Waals surface area contributed by atoms with Crippen molar-refractivity contribution in [1.29, 1.82) is 0 Å². The van der Waals surface area contributed by atoms with Gasteiger partial charge in [-0.05, 0) is 34.9 Å². The SMILES string of the molecule is COc1ccccc1CNC(=O)[C@H](Cc1ccccc1)N(Cc1ccccc1)C(=O)Cc1ccc(OC)c(OC)c1. The van der Waals surface area contributed by atoms with E-state index in [1.165, 1.54) is 0 Å². The van der Waals surface area contributed by atoms with E-state index in [0.717, 1.165) is 22.3 Å². The van der Waals surface area contributed by atoms with Crippen molar-refractivity contribution in [3.05, 3.63) is 125 Å². The maximum atomic E-state index is 14.0. The first-order valence-electron chi connectivity index (χ1n) is 13.5. The fourth-order valence-electron chi connectivity index (χ4n) is 4.75. The second-order valence-electron chi connectivity index (χ2n) is 9.61. The van der Waals surface area contributed by atoms with E-state index in [1.54, 1.807) is 38.4 Å². The summed E-state index contributed by atoms with van der Waals surface area (Å²) in [6, 6.07) is 31.7. The van der Waals surface area contributed by atoms with Crippen LogP contribution in [0.2, 0.25) is 0 Å². The molecule has 0 unspecified atom stereocenters. The molecule has 212 valence electrons. The van der Waals surface area contributed by atoms with Gasteiger partial charge in [-0.1, -0.05) is 84.9 Å². The van der Waals surface area contributed by atoms with Gasteiger partial charge in [0.25, 0.3) is 0 Å². The molecule has 4 rings (SSSR count). The molecule has 7 nitrogen and oxygen atoms in total. The van der Waals surface area contributed by atoms with Gasteiger partial charge in [0.1, 0.15) is 11.8 Å². The van der Waals surface area contributed by atoms with Gasteiger partial charge in [0, 0.05) is 25.1 Å². The van der Waals surface area contributed by atoms with Crippen molar-refractivity contribution in [2.75, 3.05) is 21.3 Å². The minimum atomic E-state index is -0.750. The van der Waals surface area contributed by atoms with Gasteiger partial charge in [0.05, 0.1) is 27.8 Å². The van der Waals surface area contributed by atoms with Crippen LogP contribution in [0.25, 0.3) is 0 Å². The summed E-state index contributed by atoms with van der Waals surface area (Å²) in [5, 5.41) is 3.06. The molecule has 0 saturated carbocycles. The lowest BCUT2D eigenvalue weighted by molar-refractivity contribution is -0.140. The third-order valence-corrected chi connectivity index (χ3v) is 6.92. The Balaban J connectivity index is 1.66. The number of hydrogen-bond donors (Lipinski definition) is 1. The molecule has 0 aliphatic carbocycles. The predicted octanol–water partition coefficient (Wildman–Crippen LogP) is 5.21. The Morgan fingerprint density at radius 2 is 1.29 bits per heavy atom. The van der Waals surface area contributed by atoms with Crippen molar-refractivity contribution in [2.24, 2.45) is 0 Å². The summed E-state index contributed by atoms with van der Waals surface area (Å²) in [7, 11) is 4.74. The second-order valence-corrected chi connectivity index (χ2v) is 9.61. The number of hydrogen-bond acceptors (Lipinski definition) is 5. The van der Waals surface area contributed by atoms with Crippen LogP contribution in [0.4, 0.5) is 0 Å². The Kier molecular flexibility index (Phi) is 10.4. The third-order valence-electron chi connectivity index (χ3n) is 6.92. The van der Waals surface area contributed by atoms with E-state index in [-0.39, 0.29) is 31.3 Å². The fourth-order valence-corrected chi connectivity index (χ4v) is 4.75. The van der Waals surface area contributed by atoms with Crippen molar-refractivity contribution < 1.29 is 23.8 Å². The molecule has 4 aromatic carbocycles. The first-order valence-corrected chi connectivity index (χ1v) is 13.5. The van der Waals surface area contributed by atoms with Crippen LogP contribution < -0.4 is 19.5 Å². The number of methoxy groups -OCH3 is 3. The molecule has 0 bridgehead atoms. The van der Waals surface area contributed by atoms with E-state index in [0.29, 0.717) is 23.7 Å². The number of carbonyl (C=O) groups is 2. The van der Waals surface area contributed by atoms with Gasteiger partial charge in [0.2, 0.25) is 11.8 Å². The van der Waals surface area contributed by atoms with Crippen molar-refractivity contribution in [1.82, 2.24) is 10.2 Å². The minimum Gasteiger partial charge on any atom is -0.496 e. The molecule has 0 aliphatic rings. The molecule has 4 aromatic rings. The van der Waals surface area contributed by atoms with Crippen LogP contribution in [0.15, 0.2) is 103 Å². The fraction of sp³-hybridized carbons (Fsp3) is 0.235. The van der Waals surface area contributed by atoms with E-state index in [4.69, 9.17) is 14.2 Å². The van der Waals surface area contributed by atoms with Gasteiger partial charge in [-0.2, -0.15) is 0 Å². The van der Waals surface area contributed by atoms with Crippen molar-refractivity contribution in [2.45, 2.75) is 32.0 Å². The van der Waals surface area contributed by atoms with Crippen LogP contribution in [0, 0.1) is 0 Å². The summed E-state index contributed by atoms with van der Waals surface area (Å²) in [4.78, 5) is 29.6. The first-order chi connectivity index (χ1) is 20.0. The molecule has 41 heavy (non-hydrogen) atoms. The highest BCUT2D eigenvalue weighted by Crippen LogP contribution is 2.28. The summed E-state index contributed by atoms with van der Waals surface area (Å²) in [5.74, 6) is 1.41. The summed E-state index contributed by atoms with van der Waals surface area (Å²) in [6.45, 7) is 0.559. The van der Waals surface area contributed by atoms with Crippen LogP contribution in [0.1, 0.15) is 22.3 Å². The second kappa shape index (κ2) is 14.6. The molecule has 0 spiro atoms. The largest absolute Gasteiger partial charge is 0.496 e. The van der Waals surface area contributed by atoms with E-state index in [1.807, 2.05) is 91.0 Å². The van der Waals surface area contributed by atoms with Crippen LogP contribution in [0.5, 0.6) is 17.2 Å². The minimum absolute atomic E-state index is 0.0955. The number of amides is 2. The van der Waals surface area contributed by atoms with Crippen molar-refractivity contribution in [3.8, 4) is 17.2 Å². The number of rotatable bonds is 13. The standard InChI is InChI=1S/C34H36N2O5/c1-39-30-17-11-10-16-28(30)23-35-34(38)29(20-25-12-6-4-7-13-25)36(24-26-14-8-5-9-15-26)33(37)22-27-18-19-31(40-2)32(21-27)41-3/h4-19,21,29H,20,22-24H2,1-3H3,(H,35,38)/t29-/m0/s1. The first kappa shape index (κ1) is 29.2.